The standard InChI is InChI=1S/C22H26O4/c1-23-13-19-7-17(8-20(11-19)14-24-2)5-6-18-9-21(15-25-3)12-22(10-18)16-26-4/h7-12H,13-16H2,1-4H3. The average molecular weight is 354 g/mol. The molecule has 0 heterocycles. The molecule has 0 aliphatic rings. The van der Waals surface area contributed by atoms with Gasteiger partial charge in [0.25, 0.3) is 0 Å². The van der Waals surface area contributed by atoms with Crippen LogP contribution in [0, 0.1) is 11.8 Å². The molecule has 26 heavy (non-hydrogen) atoms. The second-order valence-electron chi connectivity index (χ2n) is 6.06. The first-order chi connectivity index (χ1) is 12.7. The van der Waals surface area contributed by atoms with Crippen molar-refractivity contribution in [1.82, 2.24) is 0 Å². The van der Waals surface area contributed by atoms with Gasteiger partial charge in [-0.15, -0.1) is 0 Å². The first kappa shape index (κ1) is 20.2. The monoisotopic (exact) mass is 354 g/mol. The molecule has 0 fully saturated rings. The van der Waals surface area contributed by atoms with Crippen LogP contribution in [0.5, 0.6) is 0 Å². The van der Waals surface area contributed by atoms with E-state index in [1.807, 2.05) is 24.3 Å². The van der Waals surface area contributed by atoms with Crippen molar-refractivity contribution in [2.75, 3.05) is 28.4 Å². The maximum atomic E-state index is 5.25. The Bertz CT molecular complexity index is 659. The quantitative estimate of drug-likeness (QED) is 0.678. The van der Waals surface area contributed by atoms with Crippen LogP contribution in [0.4, 0.5) is 0 Å². The Labute approximate surface area is 156 Å². The third kappa shape index (κ3) is 6.29. The summed E-state index contributed by atoms with van der Waals surface area (Å²) in [7, 11) is 6.75. The fourth-order valence-electron chi connectivity index (χ4n) is 2.81. The van der Waals surface area contributed by atoms with Crippen molar-refractivity contribution in [1.29, 1.82) is 0 Å². The van der Waals surface area contributed by atoms with E-state index in [9.17, 15) is 0 Å². The van der Waals surface area contributed by atoms with Gasteiger partial charge < -0.3 is 18.9 Å². The van der Waals surface area contributed by atoms with Gasteiger partial charge in [0.1, 0.15) is 0 Å². The van der Waals surface area contributed by atoms with E-state index in [1.54, 1.807) is 28.4 Å². The predicted octanol–water partition coefficient (Wildman–Crippen LogP) is 3.67. The lowest BCUT2D eigenvalue weighted by Crippen LogP contribution is -1.95. The molecule has 0 spiro atoms. The van der Waals surface area contributed by atoms with Gasteiger partial charge in [-0.25, -0.2) is 0 Å². The molecule has 4 heteroatoms. The van der Waals surface area contributed by atoms with Crippen molar-refractivity contribution in [3.63, 3.8) is 0 Å². The number of hydrogen-bond acceptors (Lipinski definition) is 4. The summed E-state index contributed by atoms with van der Waals surface area (Å²) in [5.41, 5.74) is 6.22. The molecule has 0 unspecified atom stereocenters. The molecule has 0 radical (unpaired) electrons. The van der Waals surface area contributed by atoms with Gasteiger partial charge in [-0.1, -0.05) is 24.0 Å². The lowest BCUT2D eigenvalue weighted by molar-refractivity contribution is 0.180. The van der Waals surface area contributed by atoms with E-state index in [-0.39, 0.29) is 0 Å². The van der Waals surface area contributed by atoms with Gasteiger partial charge in [-0.2, -0.15) is 0 Å². The lowest BCUT2D eigenvalue weighted by atomic mass is 10.0. The lowest BCUT2D eigenvalue weighted by Gasteiger charge is -2.07. The highest BCUT2D eigenvalue weighted by atomic mass is 16.5. The van der Waals surface area contributed by atoms with Gasteiger partial charge in [-0.3, -0.25) is 0 Å². The first-order valence-electron chi connectivity index (χ1n) is 8.42. The summed E-state index contributed by atoms with van der Waals surface area (Å²) in [4.78, 5) is 0. The normalized spacial score (nSPS) is 10.5. The molecule has 138 valence electrons. The Balaban J connectivity index is 2.34. The van der Waals surface area contributed by atoms with Crippen molar-refractivity contribution in [2.24, 2.45) is 0 Å². The van der Waals surface area contributed by atoms with Crippen LogP contribution in [-0.2, 0) is 45.4 Å². The smallest absolute Gasteiger partial charge is 0.0713 e. The minimum atomic E-state index is 0.549. The average Bonchev–Trinajstić information content (AvgIpc) is 2.61. The molecule has 0 bridgehead atoms. The fourth-order valence-corrected chi connectivity index (χ4v) is 2.81. The molecular weight excluding hydrogens is 328 g/mol. The number of rotatable bonds is 8. The van der Waals surface area contributed by atoms with Crippen molar-refractivity contribution in [3.8, 4) is 11.8 Å². The maximum absolute atomic E-state index is 5.25. The van der Waals surface area contributed by atoms with Crippen molar-refractivity contribution >= 4 is 0 Å². The number of ether oxygens (including phenoxy) is 4. The Morgan fingerprint density at radius 1 is 0.500 bits per heavy atom. The van der Waals surface area contributed by atoms with Crippen LogP contribution in [0.1, 0.15) is 33.4 Å². The molecule has 4 nitrogen and oxygen atoms in total. The molecule has 2 aromatic carbocycles. The zero-order chi connectivity index (χ0) is 18.8. The Kier molecular flexibility index (Phi) is 8.33. The first-order valence-corrected chi connectivity index (χ1v) is 8.42. The molecule has 0 saturated heterocycles. The zero-order valence-corrected chi connectivity index (χ0v) is 15.9. The molecule has 0 aromatic heterocycles. The van der Waals surface area contributed by atoms with Crippen LogP contribution in [0.25, 0.3) is 0 Å². The molecule has 0 N–H and O–H groups in total. The SMILES string of the molecule is COCc1cc(C#Cc2cc(COC)cc(COC)c2)cc(COC)c1. The van der Waals surface area contributed by atoms with Crippen molar-refractivity contribution in [2.45, 2.75) is 26.4 Å². The van der Waals surface area contributed by atoms with E-state index in [2.05, 4.69) is 24.0 Å². The van der Waals surface area contributed by atoms with Crippen molar-refractivity contribution < 1.29 is 18.9 Å². The Morgan fingerprint density at radius 3 is 1.00 bits per heavy atom. The van der Waals surface area contributed by atoms with E-state index in [4.69, 9.17) is 18.9 Å². The van der Waals surface area contributed by atoms with Crippen LogP contribution in [-0.4, -0.2) is 28.4 Å². The van der Waals surface area contributed by atoms with E-state index >= 15 is 0 Å². The van der Waals surface area contributed by atoms with Gasteiger partial charge in [0, 0.05) is 39.6 Å². The van der Waals surface area contributed by atoms with Crippen molar-refractivity contribution in [3.05, 3.63) is 69.8 Å². The van der Waals surface area contributed by atoms with Gasteiger partial charge in [0.2, 0.25) is 0 Å². The van der Waals surface area contributed by atoms with Crippen LogP contribution in [0.2, 0.25) is 0 Å². The highest BCUT2D eigenvalue weighted by Gasteiger charge is 2.02. The second-order valence-corrected chi connectivity index (χ2v) is 6.06. The minimum Gasteiger partial charge on any atom is -0.380 e. The second kappa shape index (κ2) is 10.7. The van der Waals surface area contributed by atoms with Gasteiger partial charge in [-0.05, 0) is 46.5 Å². The van der Waals surface area contributed by atoms with E-state index in [0.29, 0.717) is 26.4 Å². The van der Waals surface area contributed by atoms with Gasteiger partial charge in [0.15, 0.2) is 0 Å². The summed E-state index contributed by atoms with van der Waals surface area (Å²) in [6.07, 6.45) is 0. The van der Waals surface area contributed by atoms with Crippen LogP contribution in [0.15, 0.2) is 36.4 Å². The summed E-state index contributed by atoms with van der Waals surface area (Å²) >= 11 is 0. The largest absolute Gasteiger partial charge is 0.380 e. The third-order valence-electron chi connectivity index (χ3n) is 3.70. The van der Waals surface area contributed by atoms with E-state index < -0.39 is 0 Å². The van der Waals surface area contributed by atoms with E-state index in [0.717, 1.165) is 33.4 Å². The topological polar surface area (TPSA) is 36.9 Å². The van der Waals surface area contributed by atoms with Crippen LogP contribution >= 0.6 is 0 Å². The molecule has 0 atom stereocenters. The summed E-state index contributed by atoms with van der Waals surface area (Å²) < 4.78 is 21.0. The summed E-state index contributed by atoms with van der Waals surface area (Å²) in [5.74, 6) is 6.51. The summed E-state index contributed by atoms with van der Waals surface area (Å²) in [6.45, 7) is 2.20. The molecule has 0 amide bonds. The molecule has 0 aliphatic carbocycles. The highest BCUT2D eigenvalue weighted by Crippen LogP contribution is 2.14. The third-order valence-corrected chi connectivity index (χ3v) is 3.70. The zero-order valence-electron chi connectivity index (χ0n) is 15.9. The minimum absolute atomic E-state index is 0.549. The molecule has 2 rings (SSSR count). The fraction of sp³-hybridized carbons (Fsp3) is 0.364. The predicted molar refractivity (Wildman–Crippen MR) is 102 cm³/mol. The Morgan fingerprint density at radius 2 is 0.769 bits per heavy atom. The number of methoxy groups -OCH3 is 4. The summed E-state index contributed by atoms with van der Waals surface area (Å²) in [6, 6.07) is 12.3. The van der Waals surface area contributed by atoms with Crippen LogP contribution < -0.4 is 0 Å². The molecule has 0 aliphatic heterocycles. The molecule has 2 aromatic rings. The Hall–Kier alpha value is -2.16. The molecule has 0 saturated carbocycles. The molecular formula is C22H26O4. The van der Waals surface area contributed by atoms with Gasteiger partial charge >= 0.3 is 0 Å². The summed E-state index contributed by atoms with van der Waals surface area (Å²) in [5, 5.41) is 0. The number of hydrogen-bond donors (Lipinski definition) is 0. The van der Waals surface area contributed by atoms with E-state index in [1.165, 1.54) is 0 Å². The highest BCUT2D eigenvalue weighted by molar-refractivity contribution is 5.47. The maximum Gasteiger partial charge on any atom is 0.0713 e. The van der Waals surface area contributed by atoms with Gasteiger partial charge in [0.05, 0.1) is 26.4 Å². The number of benzene rings is 2. The van der Waals surface area contributed by atoms with Crippen LogP contribution in [0.3, 0.4) is 0 Å².